The lowest BCUT2D eigenvalue weighted by Gasteiger charge is -2.26. The number of hydrogen-bond donors (Lipinski definition) is 1. The Kier molecular flexibility index (Phi) is 7.21. The molecule has 0 fully saturated rings. The van der Waals surface area contributed by atoms with Crippen molar-refractivity contribution >= 4 is 28.0 Å². The van der Waals surface area contributed by atoms with Crippen LogP contribution >= 0.6 is 15.9 Å². The second-order valence-electron chi connectivity index (χ2n) is 7.34. The highest BCUT2D eigenvalue weighted by Crippen LogP contribution is 2.21. The monoisotopic (exact) mass is 449 g/mol. The minimum atomic E-state index is -0.895. The molecule has 0 saturated carbocycles. The zero-order chi connectivity index (χ0) is 20.9. The highest BCUT2D eigenvalue weighted by molar-refractivity contribution is 9.10. The molecule has 0 bridgehead atoms. The molecule has 0 aliphatic heterocycles. The first-order chi connectivity index (χ1) is 13.0. The molecule has 0 aliphatic carbocycles. The van der Waals surface area contributed by atoms with Gasteiger partial charge in [0.2, 0.25) is 0 Å². The van der Waals surface area contributed by atoms with Gasteiger partial charge in [0, 0.05) is 11.5 Å². The standard InChI is InChI=1S/C21H24BrNO5/c1-21(2,3)28-20(26)23(4)13-18(24)14-7-11-17(12-8-14)27-19(25)15-5-9-16(22)10-6-15/h5-12,18,24H,13H2,1-4H3. The van der Waals surface area contributed by atoms with Crippen LogP contribution < -0.4 is 4.74 Å². The van der Waals surface area contributed by atoms with Gasteiger partial charge in [-0.05, 0) is 62.7 Å². The minimum Gasteiger partial charge on any atom is -0.444 e. The molecule has 28 heavy (non-hydrogen) atoms. The van der Waals surface area contributed by atoms with Crippen molar-refractivity contribution in [2.24, 2.45) is 0 Å². The fourth-order valence-electron chi connectivity index (χ4n) is 2.29. The summed E-state index contributed by atoms with van der Waals surface area (Å²) in [4.78, 5) is 25.4. The molecule has 0 aliphatic rings. The van der Waals surface area contributed by atoms with Crippen LogP contribution in [0.1, 0.15) is 42.8 Å². The fourth-order valence-corrected chi connectivity index (χ4v) is 2.55. The molecule has 1 N–H and O–H groups in total. The van der Waals surface area contributed by atoms with Gasteiger partial charge in [-0.25, -0.2) is 9.59 Å². The van der Waals surface area contributed by atoms with Crippen molar-refractivity contribution in [3.05, 3.63) is 64.1 Å². The fraction of sp³-hybridized carbons (Fsp3) is 0.333. The number of carbonyl (C=O) groups is 2. The topological polar surface area (TPSA) is 76.1 Å². The van der Waals surface area contributed by atoms with Crippen LogP contribution in [0.4, 0.5) is 4.79 Å². The van der Waals surface area contributed by atoms with Crippen molar-refractivity contribution < 1.29 is 24.2 Å². The van der Waals surface area contributed by atoms with E-state index in [1.165, 1.54) is 4.90 Å². The molecule has 2 aromatic carbocycles. The largest absolute Gasteiger partial charge is 0.444 e. The Morgan fingerprint density at radius 3 is 2.18 bits per heavy atom. The number of aliphatic hydroxyl groups excluding tert-OH is 1. The van der Waals surface area contributed by atoms with Crippen LogP contribution in [0.25, 0.3) is 0 Å². The number of halogens is 1. The summed E-state index contributed by atoms with van der Waals surface area (Å²) in [5.41, 5.74) is 0.432. The van der Waals surface area contributed by atoms with Gasteiger partial charge < -0.3 is 19.5 Å². The van der Waals surface area contributed by atoms with Crippen molar-refractivity contribution in [3.8, 4) is 5.75 Å². The third-order valence-corrected chi connectivity index (χ3v) is 4.24. The van der Waals surface area contributed by atoms with Crippen molar-refractivity contribution in [1.29, 1.82) is 0 Å². The van der Waals surface area contributed by atoms with E-state index in [1.807, 2.05) is 0 Å². The second kappa shape index (κ2) is 9.21. The number of carbonyl (C=O) groups excluding carboxylic acids is 2. The van der Waals surface area contributed by atoms with Gasteiger partial charge in [0.25, 0.3) is 0 Å². The first-order valence-corrected chi connectivity index (χ1v) is 9.54. The third-order valence-electron chi connectivity index (χ3n) is 3.71. The number of hydrogen-bond acceptors (Lipinski definition) is 5. The Bertz CT molecular complexity index is 812. The van der Waals surface area contributed by atoms with E-state index in [0.29, 0.717) is 16.9 Å². The molecular weight excluding hydrogens is 426 g/mol. The van der Waals surface area contributed by atoms with Gasteiger partial charge in [-0.1, -0.05) is 28.1 Å². The van der Waals surface area contributed by atoms with E-state index in [4.69, 9.17) is 9.47 Å². The van der Waals surface area contributed by atoms with Crippen molar-refractivity contribution in [1.82, 2.24) is 4.90 Å². The first-order valence-electron chi connectivity index (χ1n) is 8.75. The van der Waals surface area contributed by atoms with Crippen LogP contribution in [-0.2, 0) is 4.74 Å². The number of benzene rings is 2. The minimum absolute atomic E-state index is 0.0763. The van der Waals surface area contributed by atoms with E-state index in [0.717, 1.165) is 4.47 Å². The Morgan fingerprint density at radius 1 is 1.07 bits per heavy atom. The van der Waals surface area contributed by atoms with E-state index >= 15 is 0 Å². The average molecular weight is 450 g/mol. The predicted octanol–water partition coefficient (Wildman–Crippen LogP) is 4.57. The zero-order valence-electron chi connectivity index (χ0n) is 16.3. The summed E-state index contributed by atoms with van der Waals surface area (Å²) >= 11 is 3.31. The highest BCUT2D eigenvalue weighted by Gasteiger charge is 2.22. The Balaban J connectivity index is 1.94. The number of likely N-dealkylation sites (N-methyl/N-ethyl adjacent to an activating group) is 1. The van der Waals surface area contributed by atoms with E-state index in [1.54, 1.807) is 76.3 Å². The lowest BCUT2D eigenvalue weighted by atomic mass is 10.1. The smallest absolute Gasteiger partial charge is 0.410 e. The van der Waals surface area contributed by atoms with Crippen LogP contribution in [0.3, 0.4) is 0 Å². The summed E-state index contributed by atoms with van der Waals surface area (Å²) in [7, 11) is 1.56. The lowest BCUT2D eigenvalue weighted by molar-refractivity contribution is 0.0205. The molecule has 2 rings (SSSR count). The number of aliphatic hydroxyl groups is 1. The molecule has 0 aromatic heterocycles. The summed E-state index contributed by atoms with van der Waals surface area (Å²) in [5.74, 6) is -0.102. The number of esters is 1. The molecule has 0 heterocycles. The van der Waals surface area contributed by atoms with Gasteiger partial charge in [-0.2, -0.15) is 0 Å². The quantitative estimate of drug-likeness (QED) is 0.534. The first kappa shape index (κ1) is 21.9. The summed E-state index contributed by atoms with van der Waals surface area (Å²) in [6.07, 6.45) is -1.40. The zero-order valence-corrected chi connectivity index (χ0v) is 17.9. The highest BCUT2D eigenvalue weighted by atomic mass is 79.9. The normalized spacial score (nSPS) is 12.2. The molecule has 6 nitrogen and oxygen atoms in total. The SMILES string of the molecule is CN(CC(O)c1ccc(OC(=O)c2ccc(Br)cc2)cc1)C(=O)OC(C)(C)C. The molecule has 7 heteroatoms. The van der Waals surface area contributed by atoms with Crippen LogP contribution in [0.15, 0.2) is 53.0 Å². The van der Waals surface area contributed by atoms with Gasteiger partial charge in [0.05, 0.1) is 18.2 Å². The van der Waals surface area contributed by atoms with E-state index < -0.39 is 23.8 Å². The van der Waals surface area contributed by atoms with Gasteiger partial charge in [-0.3, -0.25) is 0 Å². The maximum Gasteiger partial charge on any atom is 0.410 e. The Labute approximate surface area is 173 Å². The molecule has 1 atom stereocenters. The van der Waals surface area contributed by atoms with Crippen molar-refractivity contribution in [2.75, 3.05) is 13.6 Å². The molecular formula is C21H24BrNO5. The maximum atomic E-state index is 12.1. The second-order valence-corrected chi connectivity index (χ2v) is 8.26. The van der Waals surface area contributed by atoms with E-state index in [-0.39, 0.29) is 6.54 Å². The Morgan fingerprint density at radius 2 is 1.64 bits per heavy atom. The predicted molar refractivity (Wildman–Crippen MR) is 109 cm³/mol. The third kappa shape index (κ3) is 6.65. The molecule has 1 amide bonds. The summed E-state index contributed by atoms with van der Waals surface area (Å²) in [5, 5.41) is 10.4. The summed E-state index contributed by atoms with van der Waals surface area (Å²) < 4.78 is 11.5. The Hall–Kier alpha value is -2.38. The van der Waals surface area contributed by atoms with Crippen molar-refractivity contribution in [2.45, 2.75) is 32.5 Å². The van der Waals surface area contributed by atoms with Crippen LogP contribution in [0.2, 0.25) is 0 Å². The van der Waals surface area contributed by atoms with E-state index in [9.17, 15) is 14.7 Å². The molecule has 1 unspecified atom stereocenters. The summed E-state index contributed by atoms with van der Waals surface area (Å²) in [6.45, 7) is 5.42. The molecule has 150 valence electrons. The van der Waals surface area contributed by atoms with Gasteiger partial charge >= 0.3 is 12.1 Å². The summed E-state index contributed by atoms with van der Waals surface area (Å²) in [6, 6.07) is 13.4. The van der Waals surface area contributed by atoms with Crippen LogP contribution in [-0.4, -0.2) is 41.3 Å². The average Bonchev–Trinajstić information content (AvgIpc) is 2.61. The lowest BCUT2D eigenvalue weighted by Crippen LogP contribution is -2.36. The van der Waals surface area contributed by atoms with Gasteiger partial charge in [-0.15, -0.1) is 0 Å². The van der Waals surface area contributed by atoms with Crippen LogP contribution in [0, 0.1) is 0 Å². The van der Waals surface area contributed by atoms with E-state index in [2.05, 4.69) is 15.9 Å². The van der Waals surface area contributed by atoms with Gasteiger partial charge in [0.15, 0.2) is 0 Å². The molecule has 0 saturated heterocycles. The molecule has 0 radical (unpaired) electrons. The van der Waals surface area contributed by atoms with Gasteiger partial charge in [0.1, 0.15) is 11.4 Å². The number of amides is 1. The van der Waals surface area contributed by atoms with Crippen molar-refractivity contribution in [3.63, 3.8) is 0 Å². The number of rotatable bonds is 5. The molecule has 2 aromatic rings. The number of nitrogens with zero attached hydrogens (tertiary/aromatic N) is 1. The number of ether oxygens (including phenoxy) is 2. The molecule has 0 spiro atoms. The maximum absolute atomic E-state index is 12.1. The van der Waals surface area contributed by atoms with Crippen LogP contribution in [0.5, 0.6) is 5.75 Å².